The van der Waals surface area contributed by atoms with E-state index in [2.05, 4.69) is 4.74 Å². The summed E-state index contributed by atoms with van der Waals surface area (Å²) in [6.45, 7) is 1.80. The standard InChI is InChI=1S/C10H10Cl2O2/c1-6-3-9(12)7(5-11)4-8(6)10(13)14-2/h3-4H,5H2,1-2H3. The number of benzene rings is 1. The number of carbonyl (C=O) groups excluding carboxylic acids is 1. The summed E-state index contributed by atoms with van der Waals surface area (Å²) in [6, 6.07) is 3.38. The molecule has 14 heavy (non-hydrogen) atoms. The van der Waals surface area contributed by atoms with Gasteiger partial charge in [0.15, 0.2) is 0 Å². The molecule has 0 unspecified atom stereocenters. The van der Waals surface area contributed by atoms with Crippen LogP contribution in [0.4, 0.5) is 0 Å². The SMILES string of the molecule is COC(=O)c1cc(CCl)c(Cl)cc1C. The molecule has 0 aromatic heterocycles. The van der Waals surface area contributed by atoms with Gasteiger partial charge in [0.1, 0.15) is 0 Å². The summed E-state index contributed by atoms with van der Waals surface area (Å²) in [6.07, 6.45) is 0. The minimum Gasteiger partial charge on any atom is -0.465 e. The largest absolute Gasteiger partial charge is 0.465 e. The fourth-order valence-corrected chi connectivity index (χ4v) is 1.72. The van der Waals surface area contributed by atoms with Crippen molar-refractivity contribution in [3.8, 4) is 0 Å². The van der Waals surface area contributed by atoms with E-state index in [0.29, 0.717) is 10.6 Å². The fourth-order valence-electron chi connectivity index (χ4n) is 1.15. The molecule has 0 aliphatic rings. The van der Waals surface area contributed by atoms with Crippen LogP contribution >= 0.6 is 23.2 Å². The second-order valence-electron chi connectivity index (χ2n) is 2.88. The topological polar surface area (TPSA) is 26.3 Å². The van der Waals surface area contributed by atoms with Crippen molar-refractivity contribution < 1.29 is 9.53 Å². The molecule has 1 rings (SSSR count). The highest BCUT2D eigenvalue weighted by Crippen LogP contribution is 2.23. The highest BCUT2D eigenvalue weighted by atomic mass is 35.5. The van der Waals surface area contributed by atoms with Gasteiger partial charge in [-0.05, 0) is 30.2 Å². The summed E-state index contributed by atoms with van der Waals surface area (Å²) < 4.78 is 4.63. The van der Waals surface area contributed by atoms with Crippen LogP contribution in [0.25, 0.3) is 0 Å². The summed E-state index contributed by atoms with van der Waals surface area (Å²) in [5.41, 5.74) is 2.03. The molecule has 76 valence electrons. The normalized spacial score (nSPS) is 10.0. The number of ether oxygens (including phenoxy) is 1. The molecular weight excluding hydrogens is 223 g/mol. The second kappa shape index (κ2) is 4.67. The number of hydrogen-bond donors (Lipinski definition) is 0. The number of hydrogen-bond acceptors (Lipinski definition) is 2. The van der Waals surface area contributed by atoms with Crippen LogP contribution in [0.5, 0.6) is 0 Å². The van der Waals surface area contributed by atoms with Gasteiger partial charge in [0.25, 0.3) is 0 Å². The summed E-state index contributed by atoms with van der Waals surface area (Å²) in [5.74, 6) is -0.0890. The zero-order valence-corrected chi connectivity index (χ0v) is 9.45. The maximum atomic E-state index is 11.3. The first-order chi connectivity index (χ1) is 6.60. The Hall–Kier alpha value is -0.730. The molecule has 1 aromatic rings. The Kier molecular flexibility index (Phi) is 3.78. The third-order valence-corrected chi connectivity index (χ3v) is 2.58. The number of carbonyl (C=O) groups is 1. The molecule has 0 atom stereocenters. The number of aryl methyl sites for hydroxylation is 1. The number of esters is 1. The van der Waals surface area contributed by atoms with Crippen molar-refractivity contribution in [2.24, 2.45) is 0 Å². The van der Waals surface area contributed by atoms with Crippen molar-refractivity contribution in [1.82, 2.24) is 0 Å². The average molecular weight is 233 g/mol. The lowest BCUT2D eigenvalue weighted by Gasteiger charge is -2.07. The van der Waals surface area contributed by atoms with E-state index in [-0.39, 0.29) is 11.8 Å². The van der Waals surface area contributed by atoms with Gasteiger partial charge in [0.05, 0.1) is 12.7 Å². The first-order valence-electron chi connectivity index (χ1n) is 4.03. The van der Waals surface area contributed by atoms with Gasteiger partial charge in [-0.1, -0.05) is 11.6 Å². The Morgan fingerprint density at radius 3 is 2.64 bits per heavy atom. The highest BCUT2D eigenvalue weighted by Gasteiger charge is 2.12. The van der Waals surface area contributed by atoms with Crippen LogP contribution in [0.15, 0.2) is 12.1 Å². The molecule has 0 saturated carbocycles. The molecule has 0 aliphatic heterocycles. The molecule has 0 saturated heterocycles. The first-order valence-corrected chi connectivity index (χ1v) is 4.94. The van der Waals surface area contributed by atoms with Crippen molar-refractivity contribution >= 4 is 29.2 Å². The second-order valence-corrected chi connectivity index (χ2v) is 3.56. The molecule has 4 heteroatoms. The quantitative estimate of drug-likeness (QED) is 0.579. The Labute approximate surface area is 92.8 Å². The lowest BCUT2D eigenvalue weighted by Crippen LogP contribution is -2.04. The summed E-state index contributed by atoms with van der Waals surface area (Å²) in [7, 11) is 1.34. The third kappa shape index (κ3) is 2.20. The molecule has 0 heterocycles. The van der Waals surface area contributed by atoms with E-state index in [4.69, 9.17) is 23.2 Å². The molecule has 2 nitrogen and oxygen atoms in total. The Morgan fingerprint density at radius 2 is 2.14 bits per heavy atom. The molecule has 0 spiro atoms. The average Bonchev–Trinajstić information content (AvgIpc) is 2.17. The van der Waals surface area contributed by atoms with Crippen molar-refractivity contribution in [1.29, 1.82) is 0 Å². The number of alkyl halides is 1. The van der Waals surface area contributed by atoms with Gasteiger partial charge < -0.3 is 4.74 Å². The third-order valence-electron chi connectivity index (χ3n) is 1.94. The van der Waals surface area contributed by atoms with E-state index in [1.807, 2.05) is 0 Å². The molecule has 0 bridgehead atoms. The van der Waals surface area contributed by atoms with Gasteiger partial charge in [-0.2, -0.15) is 0 Å². The molecular formula is C10H10Cl2O2. The van der Waals surface area contributed by atoms with Crippen LogP contribution in [-0.4, -0.2) is 13.1 Å². The first kappa shape index (κ1) is 11.3. The number of halogens is 2. The Balaban J connectivity index is 3.24. The number of rotatable bonds is 2. The van der Waals surface area contributed by atoms with Crippen LogP contribution < -0.4 is 0 Å². The van der Waals surface area contributed by atoms with Gasteiger partial charge in [-0.25, -0.2) is 4.79 Å². The van der Waals surface area contributed by atoms with Gasteiger partial charge in [0.2, 0.25) is 0 Å². The Morgan fingerprint density at radius 1 is 1.50 bits per heavy atom. The summed E-state index contributed by atoms with van der Waals surface area (Å²) >= 11 is 11.6. The highest BCUT2D eigenvalue weighted by molar-refractivity contribution is 6.32. The van der Waals surface area contributed by atoms with E-state index in [1.54, 1.807) is 19.1 Å². The molecule has 1 aromatic carbocycles. The van der Waals surface area contributed by atoms with Crippen LogP contribution in [-0.2, 0) is 10.6 Å². The van der Waals surface area contributed by atoms with E-state index in [0.717, 1.165) is 11.1 Å². The fraction of sp³-hybridized carbons (Fsp3) is 0.300. The predicted molar refractivity (Wildman–Crippen MR) is 57.1 cm³/mol. The maximum Gasteiger partial charge on any atom is 0.338 e. The smallest absolute Gasteiger partial charge is 0.338 e. The van der Waals surface area contributed by atoms with Gasteiger partial charge in [0, 0.05) is 10.9 Å². The van der Waals surface area contributed by atoms with E-state index in [9.17, 15) is 4.79 Å². The van der Waals surface area contributed by atoms with Gasteiger partial charge >= 0.3 is 5.97 Å². The van der Waals surface area contributed by atoms with E-state index >= 15 is 0 Å². The minimum atomic E-state index is -0.370. The minimum absolute atomic E-state index is 0.281. The zero-order chi connectivity index (χ0) is 10.7. The van der Waals surface area contributed by atoms with Crippen molar-refractivity contribution in [3.63, 3.8) is 0 Å². The lowest BCUT2D eigenvalue weighted by atomic mass is 10.1. The molecule has 0 radical (unpaired) electrons. The maximum absolute atomic E-state index is 11.3. The van der Waals surface area contributed by atoms with Gasteiger partial charge in [-0.15, -0.1) is 11.6 Å². The van der Waals surface area contributed by atoms with Crippen LogP contribution in [0.2, 0.25) is 5.02 Å². The van der Waals surface area contributed by atoms with Crippen LogP contribution in [0.1, 0.15) is 21.5 Å². The zero-order valence-electron chi connectivity index (χ0n) is 7.93. The monoisotopic (exact) mass is 232 g/mol. The van der Waals surface area contributed by atoms with Crippen LogP contribution in [0.3, 0.4) is 0 Å². The van der Waals surface area contributed by atoms with E-state index in [1.165, 1.54) is 7.11 Å². The molecule has 0 aliphatic carbocycles. The van der Waals surface area contributed by atoms with Crippen molar-refractivity contribution in [2.45, 2.75) is 12.8 Å². The Bertz CT molecular complexity index is 361. The molecule has 0 fully saturated rings. The summed E-state index contributed by atoms with van der Waals surface area (Å²) in [5, 5.41) is 0.574. The van der Waals surface area contributed by atoms with Crippen molar-refractivity contribution in [2.75, 3.05) is 7.11 Å². The van der Waals surface area contributed by atoms with Crippen LogP contribution in [0, 0.1) is 6.92 Å². The predicted octanol–water partition coefficient (Wildman–Crippen LogP) is 3.17. The molecule has 0 amide bonds. The number of methoxy groups -OCH3 is 1. The van der Waals surface area contributed by atoms with Crippen molar-refractivity contribution in [3.05, 3.63) is 33.8 Å². The lowest BCUT2D eigenvalue weighted by molar-refractivity contribution is 0.0600. The van der Waals surface area contributed by atoms with E-state index < -0.39 is 0 Å². The molecule has 0 N–H and O–H groups in total. The van der Waals surface area contributed by atoms with Gasteiger partial charge in [-0.3, -0.25) is 0 Å². The summed E-state index contributed by atoms with van der Waals surface area (Å²) in [4.78, 5) is 11.3.